The Labute approximate surface area is 224 Å². The smallest absolute Gasteiger partial charge is 0.281 e. The van der Waals surface area contributed by atoms with E-state index in [1.807, 2.05) is 32.9 Å². The Balaban J connectivity index is 1.80. The van der Waals surface area contributed by atoms with Gasteiger partial charge in [-0.2, -0.15) is 8.42 Å². The van der Waals surface area contributed by atoms with Crippen molar-refractivity contribution in [2.24, 2.45) is 5.92 Å². The molecule has 2 aromatic heterocycles. The lowest BCUT2D eigenvalue weighted by Crippen LogP contribution is -2.41. The van der Waals surface area contributed by atoms with Crippen LogP contribution in [-0.2, 0) is 10.0 Å². The van der Waals surface area contributed by atoms with Crippen LogP contribution in [0.15, 0.2) is 47.5 Å². The van der Waals surface area contributed by atoms with E-state index in [1.165, 1.54) is 18.2 Å². The number of benzene rings is 1. The minimum Gasteiger partial charge on any atom is -0.494 e. The largest absolute Gasteiger partial charge is 0.494 e. The molecule has 0 unspecified atom stereocenters. The Bertz CT molecular complexity index is 1490. The molecule has 38 heavy (non-hydrogen) atoms. The van der Waals surface area contributed by atoms with E-state index in [0.717, 1.165) is 28.9 Å². The van der Waals surface area contributed by atoms with Gasteiger partial charge < -0.3 is 15.4 Å². The maximum absolute atomic E-state index is 13.4. The van der Waals surface area contributed by atoms with Gasteiger partial charge in [-0.25, -0.2) is 14.7 Å². The van der Waals surface area contributed by atoms with Crippen molar-refractivity contribution in [3.8, 4) is 17.0 Å². The Hall–Kier alpha value is -3.66. The number of carbonyl (C=O) groups excluding carboxylic acids is 1. The molecule has 1 fully saturated rings. The molecule has 0 bridgehead atoms. The summed E-state index contributed by atoms with van der Waals surface area (Å²) in [6, 6.07) is 11.6. The lowest BCUT2D eigenvalue weighted by molar-refractivity contribution is 0.0981. The number of nitrogens with one attached hydrogen (secondary N) is 1. The average Bonchev–Trinajstić information content (AvgIpc) is 3.12. The highest BCUT2D eigenvalue weighted by molar-refractivity contribution is 7.90. The molecule has 1 aliphatic heterocycles. The number of rotatable bonds is 7. The van der Waals surface area contributed by atoms with Crippen molar-refractivity contribution in [1.29, 1.82) is 0 Å². The highest BCUT2D eigenvalue weighted by atomic mass is 32.2. The van der Waals surface area contributed by atoms with Crippen LogP contribution < -0.4 is 20.1 Å². The summed E-state index contributed by atoms with van der Waals surface area (Å²) < 4.78 is 33.8. The summed E-state index contributed by atoms with van der Waals surface area (Å²) in [6.45, 7) is 13.5. The minimum absolute atomic E-state index is 0.0425. The Morgan fingerprint density at radius 1 is 1.16 bits per heavy atom. The third-order valence-corrected chi connectivity index (χ3v) is 8.03. The number of sulfonamides is 1. The number of carbonyl (C=O) groups is 1. The van der Waals surface area contributed by atoms with Gasteiger partial charge in [0, 0.05) is 17.6 Å². The van der Waals surface area contributed by atoms with E-state index in [2.05, 4.69) is 35.4 Å². The molecule has 3 heterocycles. The molecular formula is C28H35N5O4S. The Morgan fingerprint density at radius 2 is 1.89 bits per heavy atom. The zero-order valence-electron chi connectivity index (χ0n) is 22.7. The molecule has 10 heteroatoms. The van der Waals surface area contributed by atoms with Gasteiger partial charge >= 0.3 is 0 Å². The maximum atomic E-state index is 13.4. The quantitative estimate of drug-likeness (QED) is 0.451. The normalized spacial score (nSPS) is 16.9. The average molecular weight is 538 g/mol. The molecule has 3 N–H and O–H groups in total. The fraction of sp³-hybridized carbons (Fsp3) is 0.393. The number of nitrogens with two attached hydrogens (primary N) is 1. The summed E-state index contributed by atoms with van der Waals surface area (Å²) in [4.78, 5) is 24.4. The van der Waals surface area contributed by atoms with Crippen LogP contribution in [0.4, 0.5) is 11.6 Å². The highest BCUT2D eigenvalue weighted by Gasteiger charge is 2.39. The molecule has 0 aliphatic carbocycles. The van der Waals surface area contributed by atoms with Crippen molar-refractivity contribution >= 4 is 27.6 Å². The number of pyridine rings is 2. The van der Waals surface area contributed by atoms with Gasteiger partial charge in [0.1, 0.15) is 17.4 Å². The van der Waals surface area contributed by atoms with Gasteiger partial charge in [0.25, 0.3) is 15.9 Å². The number of amides is 1. The molecule has 202 valence electrons. The van der Waals surface area contributed by atoms with Crippen molar-refractivity contribution < 1.29 is 17.9 Å². The van der Waals surface area contributed by atoms with Crippen LogP contribution in [0.25, 0.3) is 11.3 Å². The van der Waals surface area contributed by atoms with E-state index in [1.54, 1.807) is 12.1 Å². The summed E-state index contributed by atoms with van der Waals surface area (Å²) in [6.07, 6.45) is 0.909. The predicted octanol–water partition coefficient (Wildman–Crippen LogP) is 4.48. The first-order chi connectivity index (χ1) is 17.8. The van der Waals surface area contributed by atoms with Crippen LogP contribution in [0, 0.1) is 19.8 Å². The topological polar surface area (TPSA) is 128 Å². The summed E-state index contributed by atoms with van der Waals surface area (Å²) in [5, 5.41) is -0.326. The van der Waals surface area contributed by atoms with E-state index < -0.39 is 15.9 Å². The maximum Gasteiger partial charge on any atom is 0.281 e. The number of aromatic nitrogens is 2. The van der Waals surface area contributed by atoms with Crippen LogP contribution in [0.5, 0.6) is 5.75 Å². The molecule has 9 nitrogen and oxygen atoms in total. The van der Waals surface area contributed by atoms with Gasteiger partial charge in [0.15, 0.2) is 5.03 Å². The van der Waals surface area contributed by atoms with E-state index in [4.69, 9.17) is 15.5 Å². The number of aryl methyl sites for hydroxylation is 2. The molecule has 1 aromatic carbocycles. The molecule has 0 spiro atoms. The SMILES string of the molecule is CCOc1cc(C)c(-c2ccc(C(=O)NS(=O)(=O)c3cccc(N)n3)c(N3C[C@@H](C)CC3(C)C)n2)cc1C. The van der Waals surface area contributed by atoms with Crippen LogP contribution >= 0.6 is 0 Å². The van der Waals surface area contributed by atoms with Crippen molar-refractivity contribution in [3.05, 3.63) is 59.2 Å². The Kier molecular flexibility index (Phi) is 7.38. The van der Waals surface area contributed by atoms with Crippen LogP contribution in [0.3, 0.4) is 0 Å². The molecule has 1 saturated heterocycles. The van der Waals surface area contributed by atoms with Gasteiger partial charge in [-0.3, -0.25) is 4.79 Å². The number of anilines is 2. The Morgan fingerprint density at radius 3 is 2.53 bits per heavy atom. The van der Waals surface area contributed by atoms with Gasteiger partial charge in [-0.15, -0.1) is 0 Å². The first-order valence-corrected chi connectivity index (χ1v) is 14.1. The van der Waals surface area contributed by atoms with Crippen molar-refractivity contribution in [2.75, 3.05) is 23.8 Å². The summed E-state index contributed by atoms with van der Waals surface area (Å²) in [5.41, 5.74) is 9.12. The molecule has 4 rings (SSSR count). The van der Waals surface area contributed by atoms with Gasteiger partial charge in [0.2, 0.25) is 0 Å². The molecule has 0 radical (unpaired) electrons. The van der Waals surface area contributed by atoms with Crippen LogP contribution in [-0.4, -0.2) is 43.0 Å². The van der Waals surface area contributed by atoms with Gasteiger partial charge in [0.05, 0.1) is 17.9 Å². The fourth-order valence-corrected chi connectivity index (χ4v) is 6.07. The van der Waals surface area contributed by atoms with Crippen molar-refractivity contribution in [2.45, 2.75) is 58.5 Å². The third kappa shape index (κ3) is 5.45. The summed E-state index contributed by atoms with van der Waals surface area (Å²) >= 11 is 0. The third-order valence-electron chi connectivity index (χ3n) is 6.79. The van der Waals surface area contributed by atoms with Gasteiger partial charge in [-0.1, -0.05) is 13.0 Å². The molecule has 1 amide bonds. The molecule has 1 atom stereocenters. The van der Waals surface area contributed by atoms with Crippen molar-refractivity contribution in [1.82, 2.24) is 14.7 Å². The highest BCUT2D eigenvalue weighted by Crippen LogP contribution is 2.39. The molecule has 0 saturated carbocycles. The van der Waals surface area contributed by atoms with Crippen LogP contribution in [0.1, 0.15) is 55.6 Å². The van der Waals surface area contributed by atoms with E-state index in [-0.39, 0.29) is 21.9 Å². The monoisotopic (exact) mass is 537 g/mol. The number of ether oxygens (including phenoxy) is 1. The lowest BCUT2D eigenvalue weighted by atomic mass is 9.97. The zero-order valence-corrected chi connectivity index (χ0v) is 23.5. The summed E-state index contributed by atoms with van der Waals surface area (Å²) in [5.74, 6) is 0.899. The number of hydrogen-bond donors (Lipinski definition) is 2. The number of nitrogen functional groups attached to an aromatic ring is 1. The van der Waals surface area contributed by atoms with Crippen molar-refractivity contribution in [3.63, 3.8) is 0 Å². The first-order valence-electron chi connectivity index (χ1n) is 12.6. The van der Waals surface area contributed by atoms with E-state index in [0.29, 0.717) is 30.6 Å². The standard InChI is InChI=1S/C28H35N5O4S/c1-7-37-23-14-18(3)21(13-19(23)4)22-12-11-20(26(30-22)33-16-17(2)15-28(33,5)6)27(34)32-38(35,36)25-10-8-9-24(29)31-25/h8-14,17H,7,15-16H2,1-6H3,(H2,29,31)(H,32,34)/t17-/m0/s1. The second-order valence-electron chi connectivity index (χ2n) is 10.5. The minimum atomic E-state index is -4.25. The fourth-order valence-electron chi connectivity index (χ4n) is 5.13. The zero-order chi connectivity index (χ0) is 27.8. The predicted molar refractivity (Wildman–Crippen MR) is 149 cm³/mol. The number of hydrogen-bond acceptors (Lipinski definition) is 8. The number of nitrogens with zero attached hydrogens (tertiary/aromatic N) is 3. The van der Waals surface area contributed by atoms with E-state index in [9.17, 15) is 13.2 Å². The second-order valence-corrected chi connectivity index (χ2v) is 12.1. The molecule has 1 aliphatic rings. The van der Waals surface area contributed by atoms with Crippen LogP contribution in [0.2, 0.25) is 0 Å². The lowest BCUT2D eigenvalue weighted by Gasteiger charge is -2.34. The van der Waals surface area contributed by atoms with E-state index >= 15 is 0 Å². The molecular weight excluding hydrogens is 502 g/mol. The molecule has 3 aromatic rings. The van der Waals surface area contributed by atoms with Gasteiger partial charge in [-0.05, 0) is 94.5 Å². The first kappa shape index (κ1) is 27.4. The second kappa shape index (κ2) is 10.2. The summed E-state index contributed by atoms with van der Waals surface area (Å²) in [7, 11) is -4.25.